The van der Waals surface area contributed by atoms with Gasteiger partial charge in [0.1, 0.15) is 5.75 Å². The zero-order chi connectivity index (χ0) is 21.2. The lowest BCUT2D eigenvalue weighted by Crippen LogP contribution is -2.38. The standard InChI is InChI=1S/C23H27N3O3S/c1-18(30-21-8-4-2-5-9-21)23(28)25-24-16-19-10-12-20(13-11-19)29-17-22(27)26-14-6-3-7-15-26/h2,4-5,8-13,16,18H,3,6-7,14-15,17H2,1H3,(H,25,28)/b24-16-/t18-/m0/s1. The van der Waals surface area contributed by atoms with Gasteiger partial charge in [-0.25, -0.2) is 5.43 Å². The molecule has 30 heavy (non-hydrogen) atoms. The van der Waals surface area contributed by atoms with Crippen molar-refractivity contribution in [2.45, 2.75) is 36.3 Å². The highest BCUT2D eigenvalue weighted by Gasteiger charge is 2.16. The molecule has 0 bridgehead atoms. The summed E-state index contributed by atoms with van der Waals surface area (Å²) in [4.78, 5) is 27.2. The summed E-state index contributed by atoms with van der Waals surface area (Å²) in [7, 11) is 0. The maximum atomic E-state index is 12.2. The molecule has 0 spiro atoms. The first-order valence-electron chi connectivity index (χ1n) is 10.2. The zero-order valence-electron chi connectivity index (χ0n) is 17.1. The van der Waals surface area contributed by atoms with E-state index < -0.39 is 0 Å². The molecule has 1 aliphatic heterocycles. The number of carbonyl (C=O) groups excluding carboxylic acids is 2. The molecule has 2 aromatic rings. The van der Waals surface area contributed by atoms with Crippen LogP contribution in [0.3, 0.4) is 0 Å². The molecule has 0 aliphatic carbocycles. The highest BCUT2D eigenvalue weighted by atomic mass is 32.2. The van der Waals surface area contributed by atoms with E-state index in [9.17, 15) is 9.59 Å². The monoisotopic (exact) mass is 425 g/mol. The Morgan fingerprint density at radius 3 is 2.50 bits per heavy atom. The first kappa shape index (κ1) is 21.9. The Hall–Kier alpha value is -2.80. The fourth-order valence-corrected chi connectivity index (χ4v) is 3.93. The molecular weight excluding hydrogens is 398 g/mol. The van der Waals surface area contributed by atoms with E-state index in [2.05, 4.69) is 10.5 Å². The van der Waals surface area contributed by atoms with Crippen molar-refractivity contribution in [3.05, 3.63) is 60.2 Å². The molecule has 1 aliphatic rings. The van der Waals surface area contributed by atoms with Crippen molar-refractivity contribution < 1.29 is 14.3 Å². The third kappa shape index (κ3) is 6.91. The van der Waals surface area contributed by atoms with Gasteiger partial charge in [-0.3, -0.25) is 9.59 Å². The van der Waals surface area contributed by atoms with Crippen molar-refractivity contribution in [3.8, 4) is 5.75 Å². The molecule has 0 saturated carbocycles. The lowest BCUT2D eigenvalue weighted by molar-refractivity contribution is -0.134. The Kier molecular flexibility index (Phi) is 8.32. The minimum atomic E-state index is -0.252. The van der Waals surface area contributed by atoms with Crippen LogP contribution in [0, 0.1) is 0 Å². The van der Waals surface area contributed by atoms with E-state index in [0.29, 0.717) is 5.75 Å². The molecule has 0 unspecified atom stereocenters. The summed E-state index contributed by atoms with van der Waals surface area (Å²) in [6, 6.07) is 17.0. The second-order valence-corrected chi connectivity index (χ2v) is 8.52. The van der Waals surface area contributed by atoms with E-state index in [1.54, 1.807) is 18.3 Å². The van der Waals surface area contributed by atoms with Gasteiger partial charge in [-0.05, 0) is 68.1 Å². The van der Waals surface area contributed by atoms with E-state index in [0.717, 1.165) is 36.4 Å². The molecule has 158 valence electrons. The maximum Gasteiger partial charge on any atom is 0.260 e. The summed E-state index contributed by atoms with van der Waals surface area (Å²) < 4.78 is 5.60. The number of hydrazone groups is 1. The third-order valence-corrected chi connectivity index (χ3v) is 5.88. The summed E-state index contributed by atoms with van der Waals surface area (Å²) in [5.41, 5.74) is 3.40. The van der Waals surface area contributed by atoms with Crippen LogP contribution in [0.15, 0.2) is 64.6 Å². The Bertz CT molecular complexity index is 850. The Labute approximate surface area is 181 Å². The number of hydrogen-bond donors (Lipinski definition) is 1. The zero-order valence-corrected chi connectivity index (χ0v) is 17.9. The number of nitrogens with zero attached hydrogens (tertiary/aromatic N) is 2. The second kappa shape index (κ2) is 11.4. The van der Waals surface area contributed by atoms with Gasteiger partial charge in [0.15, 0.2) is 6.61 Å². The second-order valence-electron chi connectivity index (χ2n) is 7.11. The lowest BCUT2D eigenvalue weighted by atomic mass is 10.1. The number of hydrogen-bond acceptors (Lipinski definition) is 5. The molecule has 1 heterocycles. The minimum absolute atomic E-state index is 0.0329. The molecule has 2 amide bonds. The van der Waals surface area contributed by atoms with Crippen LogP contribution in [0.1, 0.15) is 31.7 Å². The van der Waals surface area contributed by atoms with Crippen LogP contribution in [-0.4, -0.2) is 47.9 Å². The van der Waals surface area contributed by atoms with E-state index in [1.807, 2.05) is 54.3 Å². The number of rotatable bonds is 8. The molecule has 1 atom stereocenters. The van der Waals surface area contributed by atoms with Crippen molar-refractivity contribution in [2.75, 3.05) is 19.7 Å². The van der Waals surface area contributed by atoms with Gasteiger partial charge >= 0.3 is 0 Å². The van der Waals surface area contributed by atoms with Gasteiger partial charge in [-0.15, -0.1) is 11.8 Å². The normalized spacial score (nSPS) is 15.0. The quantitative estimate of drug-likeness (QED) is 0.398. The summed E-state index contributed by atoms with van der Waals surface area (Å²) in [6.45, 7) is 3.55. The molecule has 1 saturated heterocycles. The number of piperidine rings is 1. The van der Waals surface area contributed by atoms with Crippen molar-refractivity contribution in [1.82, 2.24) is 10.3 Å². The molecule has 7 heteroatoms. The largest absolute Gasteiger partial charge is 0.484 e. The minimum Gasteiger partial charge on any atom is -0.484 e. The van der Waals surface area contributed by atoms with Crippen LogP contribution in [-0.2, 0) is 9.59 Å². The molecular formula is C23H27N3O3S. The van der Waals surface area contributed by atoms with Crippen LogP contribution in [0.5, 0.6) is 5.75 Å². The number of amides is 2. The van der Waals surface area contributed by atoms with Crippen LogP contribution >= 0.6 is 11.8 Å². The maximum absolute atomic E-state index is 12.2. The van der Waals surface area contributed by atoms with Gasteiger partial charge in [-0.2, -0.15) is 5.10 Å². The summed E-state index contributed by atoms with van der Waals surface area (Å²) in [5.74, 6) is 0.510. The molecule has 0 aromatic heterocycles. The fraction of sp³-hybridized carbons (Fsp3) is 0.348. The smallest absolute Gasteiger partial charge is 0.260 e. The number of likely N-dealkylation sites (tertiary alicyclic amines) is 1. The Morgan fingerprint density at radius 1 is 1.10 bits per heavy atom. The van der Waals surface area contributed by atoms with Gasteiger partial charge in [0, 0.05) is 18.0 Å². The fourth-order valence-electron chi connectivity index (χ4n) is 3.05. The number of thioether (sulfide) groups is 1. The van der Waals surface area contributed by atoms with E-state index >= 15 is 0 Å². The van der Waals surface area contributed by atoms with Gasteiger partial charge < -0.3 is 9.64 Å². The predicted molar refractivity (Wildman–Crippen MR) is 120 cm³/mol. The van der Waals surface area contributed by atoms with Crippen LogP contribution in [0.25, 0.3) is 0 Å². The lowest BCUT2D eigenvalue weighted by Gasteiger charge is -2.26. The van der Waals surface area contributed by atoms with Gasteiger partial charge in [0.05, 0.1) is 11.5 Å². The third-order valence-electron chi connectivity index (χ3n) is 4.76. The van der Waals surface area contributed by atoms with Crippen molar-refractivity contribution in [1.29, 1.82) is 0 Å². The molecule has 3 rings (SSSR count). The summed E-state index contributed by atoms with van der Waals surface area (Å²) >= 11 is 1.48. The van der Waals surface area contributed by atoms with Crippen LogP contribution in [0.4, 0.5) is 0 Å². The number of carbonyl (C=O) groups is 2. The highest BCUT2D eigenvalue weighted by molar-refractivity contribution is 8.00. The molecule has 0 radical (unpaired) electrons. The highest BCUT2D eigenvalue weighted by Crippen LogP contribution is 2.22. The van der Waals surface area contributed by atoms with Crippen molar-refractivity contribution >= 4 is 29.8 Å². The molecule has 6 nitrogen and oxygen atoms in total. The molecule has 1 fully saturated rings. The molecule has 1 N–H and O–H groups in total. The number of benzene rings is 2. The van der Waals surface area contributed by atoms with Crippen molar-refractivity contribution in [3.63, 3.8) is 0 Å². The number of nitrogens with one attached hydrogen (secondary N) is 1. The van der Waals surface area contributed by atoms with Gasteiger partial charge in [0.2, 0.25) is 0 Å². The van der Waals surface area contributed by atoms with Crippen LogP contribution in [0.2, 0.25) is 0 Å². The van der Waals surface area contributed by atoms with Gasteiger partial charge in [-0.1, -0.05) is 18.2 Å². The average molecular weight is 426 g/mol. The van der Waals surface area contributed by atoms with Crippen molar-refractivity contribution in [2.24, 2.45) is 5.10 Å². The van der Waals surface area contributed by atoms with E-state index in [1.165, 1.54) is 18.2 Å². The number of ether oxygens (including phenoxy) is 1. The van der Waals surface area contributed by atoms with E-state index in [4.69, 9.17) is 4.74 Å². The first-order valence-corrected chi connectivity index (χ1v) is 11.0. The summed E-state index contributed by atoms with van der Waals surface area (Å²) in [6.07, 6.45) is 4.92. The average Bonchev–Trinajstić information content (AvgIpc) is 2.79. The Morgan fingerprint density at radius 2 is 1.80 bits per heavy atom. The Balaban J connectivity index is 1.41. The first-order chi connectivity index (χ1) is 14.6. The topological polar surface area (TPSA) is 71.0 Å². The van der Waals surface area contributed by atoms with Crippen LogP contribution < -0.4 is 10.2 Å². The van der Waals surface area contributed by atoms with E-state index in [-0.39, 0.29) is 23.7 Å². The summed E-state index contributed by atoms with van der Waals surface area (Å²) in [5, 5.41) is 3.78. The molecule has 2 aromatic carbocycles. The SMILES string of the molecule is C[C@H](Sc1ccccc1)C(=O)N/N=C\c1ccc(OCC(=O)N2CCCCC2)cc1. The predicted octanol–water partition coefficient (Wildman–Crippen LogP) is 3.71. The van der Waals surface area contributed by atoms with Gasteiger partial charge in [0.25, 0.3) is 11.8 Å².